The van der Waals surface area contributed by atoms with Gasteiger partial charge in [-0.3, -0.25) is 0 Å². The molecule has 0 aliphatic rings. The molecule has 4 nitrogen and oxygen atoms in total. The maximum Gasteiger partial charge on any atom is 0.339 e. The highest BCUT2D eigenvalue weighted by Crippen LogP contribution is 2.24. The molecule has 1 N–H and O–H groups in total. The number of aromatic carboxylic acids is 1. The van der Waals surface area contributed by atoms with Gasteiger partial charge in [0.05, 0.1) is 13.2 Å². The van der Waals surface area contributed by atoms with Crippen molar-refractivity contribution in [2.24, 2.45) is 0 Å². The standard InChI is InChI=1S/C11H14O4/c1-7(2)15-8-4-5-10(14-3)9(6-8)11(12)13/h4-7H,1-3H3,(H,12,13). The van der Waals surface area contributed by atoms with Gasteiger partial charge in [-0.15, -0.1) is 0 Å². The molecule has 0 radical (unpaired) electrons. The van der Waals surface area contributed by atoms with Crippen LogP contribution in [0.5, 0.6) is 11.5 Å². The van der Waals surface area contributed by atoms with Crippen molar-refractivity contribution in [1.82, 2.24) is 0 Å². The Hall–Kier alpha value is -1.71. The first kappa shape index (κ1) is 11.4. The maximum absolute atomic E-state index is 10.9. The fourth-order valence-electron chi connectivity index (χ4n) is 1.20. The topological polar surface area (TPSA) is 55.8 Å². The van der Waals surface area contributed by atoms with Crippen LogP contribution in [0.15, 0.2) is 18.2 Å². The van der Waals surface area contributed by atoms with Crippen LogP contribution in [0.25, 0.3) is 0 Å². The Morgan fingerprint density at radius 2 is 2.07 bits per heavy atom. The van der Waals surface area contributed by atoms with E-state index < -0.39 is 5.97 Å². The molecule has 0 aliphatic heterocycles. The highest BCUT2D eigenvalue weighted by atomic mass is 16.5. The predicted molar refractivity (Wildman–Crippen MR) is 55.7 cm³/mol. The van der Waals surface area contributed by atoms with Crippen LogP contribution in [0.4, 0.5) is 0 Å². The van der Waals surface area contributed by atoms with E-state index in [0.717, 1.165) is 0 Å². The Labute approximate surface area is 88.4 Å². The molecule has 0 spiro atoms. The molecule has 1 aromatic carbocycles. The Balaban J connectivity index is 3.05. The van der Waals surface area contributed by atoms with Crippen LogP contribution in [-0.4, -0.2) is 24.3 Å². The van der Waals surface area contributed by atoms with E-state index in [1.54, 1.807) is 12.1 Å². The molecule has 0 saturated heterocycles. The second-order valence-corrected chi connectivity index (χ2v) is 3.33. The predicted octanol–water partition coefficient (Wildman–Crippen LogP) is 2.18. The summed E-state index contributed by atoms with van der Waals surface area (Å²) in [5.74, 6) is -0.164. The summed E-state index contributed by atoms with van der Waals surface area (Å²) >= 11 is 0. The molecule has 0 bridgehead atoms. The zero-order valence-corrected chi connectivity index (χ0v) is 8.98. The summed E-state index contributed by atoms with van der Waals surface area (Å²) in [5, 5.41) is 8.92. The lowest BCUT2D eigenvalue weighted by atomic mass is 10.2. The molecule has 0 aromatic heterocycles. The van der Waals surface area contributed by atoms with Gasteiger partial charge in [-0.25, -0.2) is 4.79 Å². The van der Waals surface area contributed by atoms with E-state index in [1.165, 1.54) is 13.2 Å². The average Bonchev–Trinajstić information content (AvgIpc) is 2.16. The number of hydrogen-bond acceptors (Lipinski definition) is 3. The summed E-state index contributed by atoms with van der Waals surface area (Å²) in [6.07, 6.45) is 0.0139. The Morgan fingerprint density at radius 3 is 2.53 bits per heavy atom. The fourth-order valence-corrected chi connectivity index (χ4v) is 1.20. The second kappa shape index (κ2) is 4.68. The lowest BCUT2D eigenvalue weighted by molar-refractivity contribution is 0.0692. The fraction of sp³-hybridized carbons (Fsp3) is 0.364. The molecule has 1 rings (SSSR count). The van der Waals surface area contributed by atoms with Gasteiger partial charge in [0.2, 0.25) is 0 Å². The second-order valence-electron chi connectivity index (χ2n) is 3.33. The van der Waals surface area contributed by atoms with Crippen LogP contribution >= 0.6 is 0 Å². The van der Waals surface area contributed by atoms with Crippen molar-refractivity contribution in [3.8, 4) is 11.5 Å². The normalized spacial score (nSPS) is 10.1. The Morgan fingerprint density at radius 1 is 1.40 bits per heavy atom. The molecule has 4 heteroatoms. The van der Waals surface area contributed by atoms with Crippen molar-refractivity contribution in [2.75, 3.05) is 7.11 Å². The lowest BCUT2D eigenvalue weighted by Crippen LogP contribution is -2.07. The summed E-state index contributed by atoms with van der Waals surface area (Å²) in [6.45, 7) is 3.76. The summed E-state index contributed by atoms with van der Waals surface area (Å²) < 4.78 is 10.3. The summed E-state index contributed by atoms with van der Waals surface area (Å²) in [5.41, 5.74) is 0.107. The molecule has 0 aliphatic carbocycles. The molecule has 82 valence electrons. The zero-order chi connectivity index (χ0) is 11.4. The molecule has 0 unspecified atom stereocenters. The van der Waals surface area contributed by atoms with E-state index in [4.69, 9.17) is 14.6 Å². The van der Waals surface area contributed by atoms with Crippen LogP contribution in [0.3, 0.4) is 0 Å². The van der Waals surface area contributed by atoms with Crippen LogP contribution in [-0.2, 0) is 0 Å². The number of carbonyl (C=O) groups is 1. The number of ether oxygens (including phenoxy) is 2. The van der Waals surface area contributed by atoms with E-state index in [0.29, 0.717) is 11.5 Å². The molecule has 15 heavy (non-hydrogen) atoms. The van der Waals surface area contributed by atoms with E-state index in [1.807, 2.05) is 13.8 Å². The third-order valence-electron chi connectivity index (χ3n) is 1.77. The Bertz CT molecular complexity index is 358. The molecule has 0 saturated carbocycles. The largest absolute Gasteiger partial charge is 0.496 e. The van der Waals surface area contributed by atoms with Gasteiger partial charge in [-0.2, -0.15) is 0 Å². The van der Waals surface area contributed by atoms with Gasteiger partial charge in [0.25, 0.3) is 0 Å². The molecule has 0 atom stereocenters. The molecular formula is C11H14O4. The van der Waals surface area contributed by atoms with Crippen LogP contribution in [0.1, 0.15) is 24.2 Å². The minimum absolute atomic E-state index is 0.0139. The lowest BCUT2D eigenvalue weighted by Gasteiger charge is -2.11. The van der Waals surface area contributed by atoms with Crippen LogP contribution < -0.4 is 9.47 Å². The number of rotatable bonds is 4. The van der Waals surface area contributed by atoms with Crippen LogP contribution in [0.2, 0.25) is 0 Å². The first-order valence-corrected chi connectivity index (χ1v) is 4.62. The monoisotopic (exact) mass is 210 g/mol. The highest BCUT2D eigenvalue weighted by Gasteiger charge is 2.12. The molecule has 0 heterocycles. The molecule has 0 fully saturated rings. The first-order valence-electron chi connectivity index (χ1n) is 4.62. The maximum atomic E-state index is 10.9. The third-order valence-corrected chi connectivity index (χ3v) is 1.77. The Kier molecular flexibility index (Phi) is 3.55. The molecular weight excluding hydrogens is 196 g/mol. The van der Waals surface area contributed by atoms with Crippen molar-refractivity contribution >= 4 is 5.97 Å². The average molecular weight is 210 g/mol. The summed E-state index contributed by atoms with van der Waals surface area (Å²) in [4.78, 5) is 10.9. The van der Waals surface area contributed by atoms with Crippen LogP contribution in [0, 0.1) is 0 Å². The highest BCUT2D eigenvalue weighted by molar-refractivity contribution is 5.91. The third kappa shape index (κ3) is 2.87. The molecule has 1 aromatic rings. The SMILES string of the molecule is COc1ccc(OC(C)C)cc1C(=O)O. The summed E-state index contributed by atoms with van der Waals surface area (Å²) in [6, 6.07) is 4.73. The van der Waals surface area contributed by atoms with Gasteiger partial charge in [0.1, 0.15) is 17.1 Å². The van der Waals surface area contributed by atoms with Crippen molar-refractivity contribution < 1.29 is 19.4 Å². The van der Waals surface area contributed by atoms with Gasteiger partial charge in [0, 0.05) is 0 Å². The smallest absolute Gasteiger partial charge is 0.339 e. The van der Waals surface area contributed by atoms with Crippen molar-refractivity contribution in [1.29, 1.82) is 0 Å². The van der Waals surface area contributed by atoms with Gasteiger partial charge in [-0.05, 0) is 32.0 Å². The van der Waals surface area contributed by atoms with Crippen molar-refractivity contribution in [2.45, 2.75) is 20.0 Å². The van der Waals surface area contributed by atoms with E-state index in [9.17, 15) is 4.79 Å². The van der Waals surface area contributed by atoms with E-state index in [2.05, 4.69) is 0 Å². The van der Waals surface area contributed by atoms with Gasteiger partial charge >= 0.3 is 5.97 Å². The molecule has 0 amide bonds. The number of carboxylic acids is 1. The van der Waals surface area contributed by atoms with Gasteiger partial charge in [-0.1, -0.05) is 0 Å². The number of carboxylic acid groups (broad SMARTS) is 1. The van der Waals surface area contributed by atoms with Gasteiger partial charge in [0.15, 0.2) is 0 Å². The minimum atomic E-state index is -1.03. The minimum Gasteiger partial charge on any atom is -0.496 e. The van der Waals surface area contributed by atoms with Crippen molar-refractivity contribution in [3.05, 3.63) is 23.8 Å². The van der Waals surface area contributed by atoms with E-state index in [-0.39, 0.29) is 11.7 Å². The quantitative estimate of drug-likeness (QED) is 0.827. The van der Waals surface area contributed by atoms with E-state index >= 15 is 0 Å². The number of benzene rings is 1. The van der Waals surface area contributed by atoms with Crippen molar-refractivity contribution in [3.63, 3.8) is 0 Å². The number of hydrogen-bond donors (Lipinski definition) is 1. The zero-order valence-electron chi connectivity index (χ0n) is 8.98. The number of methoxy groups -OCH3 is 1. The summed E-state index contributed by atoms with van der Waals surface area (Å²) in [7, 11) is 1.44. The van der Waals surface area contributed by atoms with Gasteiger partial charge < -0.3 is 14.6 Å². The first-order chi connectivity index (χ1) is 7.04.